The third-order valence-electron chi connectivity index (χ3n) is 7.87. The number of aromatic nitrogens is 2. The number of para-hydroxylation sites is 1. The Morgan fingerprint density at radius 1 is 0.900 bits per heavy atom. The van der Waals surface area contributed by atoms with Crippen LogP contribution in [0.1, 0.15) is 76.1 Å². The Hall–Kier alpha value is -4.44. The minimum Gasteiger partial charge on any atom is -0.519 e. The molecule has 7 aromatic rings. The SMILES string of the molecule is CC(C)(C)c1ccc(-c2[c-]cc(F)cc2)nc1.[2H]c1cc(C([2H])([2H])C(C)(C)C)cc(C([2H])([2H])[2H])c1-c1c[n+](-c2[c-]ccc3c2oc2ccccc23)[c-]cc1C([2H])([2H])[2H].[Ir+3]. The van der Waals surface area contributed by atoms with Gasteiger partial charge in [-0.15, -0.1) is 35.4 Å². The van der Waals surface area contributed by atoms with Crippen molar-refractivity contribution < 1.29 is 45.8 Å². The number of aryl methyl sites for hydroxylation is 2. The van der Waals surface area contributed by atoms with Crippen molar-refractivity contribution in [3.63, 3.8) is 0 Å². The zero-order chi connectivity index (χ0) is 42.6. The van der Waals surface area contributed by atoms with E-state index >= 15 is 0 Å². The van der Waals surface area contributed by atoms with E-state index in [1.165, 1.54) is 46.7 Å². The molecule has 0 aliphatic carbocycles. The van der Waals surface area contributed by atoms with Crippen molar-refractivity contribution in [3.05, 3.63) is 150 Å². The molecule has 3 nitrogen and oxygen atoms in total. The molecule has 0 radical (unpaired) electrons. The molecule has 0 aliphatic heterocycles. The summed E-state index contributed by atoms with van der Waals surface area (Å²) in [7, 11) is 0. The molecule has 0 bridgehead atoms. The van der Waals surface area contributed by atoms with Gasteiger partial charge in [-0.3, -0.25) is 4.39 Å². The van der Waals surface area contributed by atoms with Crippen molar-refractivity contribution in [1.82, 2.24) is 4.98 Å². The maximum absolute atomic E-state index is 12.8. The predicted octanol–water partition coefficient (Wildman–Crippen LogP) is 11.3. The summed E-state index contributed by atoms with van der Waals surface area (Å²) in [6.45, 7) is 6.09. The second kappa shape index (κ2) is 14.8. The van der Waals surface area contributed by atoms with Crippen LogP contribution in [0, 0.1) is 43.3 Å². The van der Waals surface area contributed by atoms with Crippen LogP contribution in [0.4, 0.5) is 4.39 Å². The normalized spacial score (nSPS) is 15.1. The first-order valence-corrected chi connectivity index (χ1v) is 16.0. The quantitative estimate of drug-likeness (QED) is 0.130. The monoisotopic (exact) mass is 848 g/mol. The predicted molar refractivity (Wildman–Crippen MR) is 198 cm³/mol. The van der Waals surface area contributed by atoms with Gasteiger partial charge in [-0.05, 0) is 63.6 Å². The summed E-state index contributed by atoms with van der Waals surface area (Å²) in [5, 5.41) is 1.70. The number of halogens is 1. The van der Waals surface area contributed by atoms with Crippen LogP contribution in [0.3, 0.4) is 0 Å². The summed E-state index contributed by atoms with van der Waals surface area (Å²) < 4.78 is 96.0. The fraction of sp³-hybridized carbons (Fsp3) is 0.244. The van der Waals surface area contributed by atoms with E-state index in [4.69, 9.17) is 16.8 Å². The number of pyridine rings is 2. The molecule has 3 heterocycles. The molecule has 0 spiro atoms. The van der Waals surface area contributed by atoms with Gasteiger partial charge in [0.2, 0.25) is 0 Å². The fourth-order valence-corrected chi connectivity index (χ4v) is 5.42. The Balaban J connectivity index is 0.000000307. The standard InChI is InChI=1S/C30H28NO.C15H15FN.Ir/c1-20-15-16-31(19-26(20)23-14-13-22(17-21(23)2)18-30(3,4)5)27-11-8-10-25-24-9-6-7-12-28(24)32-29(25)27;1-15(2,3)12-6-9-14(17-10-12)11-4-7-13(16)8-5-11;/h6-10,12-15,17,19H,18H2,1-5H3;4,6-10H,1-3H3;/q2*-1;+3/i1D3,2D3,14D,18D2;;. The molecule has 0 unspecified atom stereocenters. The molecule has 0 amide bonds. The van der Waals surface area contributed by atoms with E-state index in [0.29, 0.717) is 16.9 Å². The van der Waals surface area contributed by atoms with Crippen LogP contribution < -0.4 is 4.57 Å². The number of rotatable bonds is 4. The Labute approximate surface area is 322 Å². The molecule has 0 fully saturated rings. The molecular weight excluding hydrogens is 796 g/mol. The summed E-state index contributed by atoms with van der Waals surface area (Å²) in [4.78, 5) is 4.39. The largest absolute Gasteiger partial charge is 3.00 e. The van der Waals surface area contributed by atoms with Crippen molar-refractivity contribution in [2.45, 2.75) is 67.0 Å². The van der Waals surface area contributed by atoms with Crippen LogP contribution in [0.25, 0.3) is 50.0 Å². The van der Waals surface area contributed by atoms with E-state index < -0.39 is 25.5 Å². The van der Waals surface area contributed by atoms with Gasteiger partial charge in [-0.2, -0.15) is 18.2 Å². The number of furan rings is 1. The van der Waals surface area contributed by atoms with Crippen LogP contribution in [-0.2, 0) is 31.9 Å². The zero-order valence-electron chi connectivity index (χ0n) is 37.8. The van der Waals surface area contributed by atoms with E-state index in [1.54, 1.807) is 32.9 Å². The number of benzene rings is 4. The first kappa shape index (κ1) is 26.4. The summed E-state index contributed by atoms with van der Waals surface area (Å²) in [5.74, 6) is -0.278. The van der Waals surface area contributed by atoms with Gasteiger partial charge in [0.1, 0.15) is 5.58 Å². The van der Waals surface area contributed by atoms with Gasteiger partial charge in [-0.25, -0.2) is 0 Å². The average molecular weight is 848 g/mol. The fourth-order valence-electron chi connectivity index (χ4n) is 5.42. The number of nitrogens with zero attached hydrogens (tertiary/aromatic N) is 2. The van der Waals surface area contributed by atoms with Crippen LogP contribution >= 0.6 is 0 Å². The van der Waals surface area contributed by atoms with E-state index in [2.05, 4.69) is 50.2 Å². The minimum absolute atomic E-state index is 0. The molecule has 0 N–H and O–H groups in total. The van der Waals surface area contributed by atoms with Crippen molar-refractivity contribution in [2.24, 2.45) is 5.41 Å². The summed E-state index contributed by atoms with van der Waals surface area (Å²) in [5.41, 5.74) is 3.03. The molecule has 0 saturated carbocycles. The first-order chi connectivity index (χ1) is 26.9. The van der Waals surface area contributed by atoms with Gasteiger partial charge >= 0.3 is 20.1 Å². The maximum atomic E-state index is 12.8. The number of hydrogen-bond acceptors (Lipinski definition) is 2. The molecule has 0 aliphatic rings. The van der Waals surface area contributed by atoms with Gasteiger partial charge in [0, 0.05) is 33.9 Å². The Morgan fingerprint density at radius 2 is 1.70 bits per heavy atom. The summed E-state index contributed by atoms with van der Waals surface area (Å²) in [6, 6.07) is 29.0. The Morgan fingerprint density at radius 3 is 2.38 bits per heavy atom. The summed E-state index contributed by atoms with van der Waals surface area (Å²) in [6.07, 6.45) is 4.27. The number of fused-ring (bicyclic) bond motifs is 3. The topological polar surface area (TPSA) is 29.9 Å². The van der Waals surface area contributed by atoms with Crippen molar-refractivity contribution >= 4 is 21.9 Å². The van der Waals surface area contributed by atoms with Crippen LogP contribution in [0.5, 0.6) is 0 Å². The Kier molecular flexibility index (Phi) is 7.81. The van der Waals surface area contributed by atoms with Gasteiger partial charge in [0.25, 0.3) is 0 Å². The van der Waals surface area contributed by atoms with Crippen molar-refractivity contribution in [3.8, 4) is 28.1 Å². The van der Waals surface area contributed by atoms with Gasteiger partial charge in [0.05, 0.1) is 13.3 Å². The van der Waals surface area contributed by atoms with E-state index in [-0.39, 0.29) is 65.2 Å². The van der Waals surface area contributed by atoms with Gasteiger partial charge in [-0.1, -0.05) is 108 Å². The molecule has 50 heavy (non-hydrogen) atoms. The second-order valence-corrected chi connectivity index (χ2v) is 13.9. The van der Waals surface area contributed by atoms with Crippen molar-refractivity contribution in [1.29, 1.82) is 0 Å². The third kappa shape index (κ3) is 8.29. The third-order valence-corrected chi connectivity index (χ3v) is 7.87. The second-order valence-electron chi connectivity index (χ2n) is 13.9. The first-order valence-electron chi connectivity index (χ1n) is 20.5. The number of hydrogen-bond donors (Lipinski definition) is 0. The molecule has 7 rings (SSSR count). The van der Waals surface area contributed by atoms with Crippen LogP contribution in [0.15, 0.2) is 108 Å². The smallest absolute Gasteiger partial charge is 0.519 e. The maximum Gasteiger partial charge on any atom is 3.00 e. The molecule has 0 saturated heterocycles. The molecule has 5 heteroatoms. The van der Waals surface area contributed by atoms with Crippen LogP contribution in [0.2, 0.25) is 0 Å². The van der Waals surface area contributed by atoms with Gasteiger partial charge < -0.3 is 14.0 Å². The summed E-state index contributed by atoms with van der Waals surface area (Å²) >= 11 is 0. The molecule has 4 aromatic carbocycles. The van der Waals surface area contributed by atoms with E-state index in [0.717, 1.165) is 22.0 Å². The molecular formula is C45H43FIrN2O+. The van der Waals surface area contributed by atoms with E-state index in [1.807, 2.05) is 42.6 Å². The molecule has 0 atom stereocenters. The van der Waals surface area contributed by atoms with Crippen molar-refractivity contribution in [2.75, 3.05) is 0 Å². The minimum atomic E-state index is -2.77. The molecule has 254 valence electrons. The molecule has 3 aromatic heterocycles. The zero-order valence-corrected chi connectivity index (χ0v) is 31.1. The van der Waals surface area contributed by atoms with Gasteiger partial charge in [0.15, 0.2) is 6.20 Å². The average Bonchev–Trinajstić information content (AvgIpc) is 3.52. The van der Waals surface area contributed by atoms with Crippen LogP contribution in [-0.4, -0.2) is 4.98 Å². The Bertz CT molecular complexity index is 2600. The van der Waals surface area contributed by atoms with E-state index in [9.17, 15) is 4.39 Å².